The molecule has 2 heterocycles. The summed E-state index contributed by atoms with van der Waals surface area (Å²) >= 11 is 3.18. The summed E-state index contributed by atoms with van der Waals surface area (Å²) in [6.07, 6.45) is 0.547. The molecule has 0 aliphatic carbocycles. The highest BCUT2D eigenvalue weighted by Crippen LogP contribution is 2.31. The molecular weight excluding hydrogens is 286 g/mol. The molecule has 1 unspecified atom stereocenters. The molecular formula is C16H15NOS2. The summed E-state index contributed by atoms with van der Waals surface area (Å²) in [5.74, 6) is 0. The minimum absolute atomic E-state index is 0.547. The first kappa shape index (κ1) is 13.5. The average molecular weight is 301 g/mol. The summed E-state index contributed by atoms with van der Waals surface area (Å²) < 4.78 is 0. The van der Waals surface area contributed by atoms with Crippen LogP contribution in [0.2, 0.25) is 0 Å². The van der Waals surface area contributed by atoms with Gasteiger partial charge in [-0.05, 0) is 18.4 Å². The molecule has 1 aromatic carbocycles. The summed E-state index contributed by atoms with van der Waals surface area (Å²) in [4.78, 5) is 5.62. The van der Waals surface area contributed by atoms with Gasteiger partial charge >= 0.3 is 0 Å². The third kappa shape index (κ3) is 2.82. The van der Waals surface area contributed by atoms with Crippen molar-refractivity contribution in [3.63, 3.8) is 0 Å². The maximum Gasteiger partial charge on any atom is 0.102 e. The highest BCUT2D eigenvalue weighted by atomic mass is 32.1. The van der Waals surface area contributed by atoms with Crippen molar-refractivity contribution in [3.05, 3.63) is 63.1 Å². The van der Waals surface area contributed by atoms with E-state index in [1.165, 1.54) is 0 Å². The first-order chi connectivity index (χ1) is 9.65. The van der Waals surface area contributed by atoms with Crippen LogP contribution in [0.25, 0.3) is 11.3 Å². The fourth-order valence-electron chi connectivity index (χ4n) is 2.10. The van der Waals surface area contributed by atoms with Crippen molar-refractivity contribution in [2.45, 2.75) is 18.9 Å². The molecule has 1 atom stereocenters. The zero-order chi connectivity index (χ0) is 14.0. The van der Waals surface area contributed by atoms with Gasteiger partial charge in [-0.25, -0.2) is 4.98 Å². The molecule has 0 aliphatic rings. The van der Waals surface area contributed by atoms with Gasteiger partial charge in [-0.15, -0.1) is 22.7 Å². The Morgan fingerprint density at radius 2 is 1.90 bits per heavy atom. The summed E-state index contributed by atoms with van der Waals surface area (Å²) in [7, 11) is 0. The number of benzene rings is 1. The molecule has 102 valence electrons. The van der Waals surface area contributed by atoms with Crippen LogP contribution in [0.4, 0.5) is 0 Å². The predicted molar refractivity (Wildman–Crippen MR) is 85.1 cm³/mol. The van der Waals surface area contributed by atoms with Gasteiger partial charge in [0.15, 0.2) is 0 Å². The van der Waals surface area contributed by atoms with Crippen molar-refractivity contribution in [2.24, 2.45) is 0 Å². The van der Waals surface area contributed by atoms with Gasteiger partial charge in [0, 0.05) is 22.2 Å². The number of rotatable bonds is 4. The first-order valence-corrected chi connectivity index (χ1v) is 8.17. The third-order valence-corrected chi connectivity index (χ3v) is 5.14. The van der Waals surface area contributed by atoms with Gasteiger partial charge in [0.1, 0.15) is 5.60 Å². The molecule has 0 bridgehead atoms. The van der Waals surface area contributed by atoms with Gasteiger partial charge in [-0.1, -0.05) is 36.4 Å². The normalized spacial score (nSPS) is 14.1. The summed E-state index contributed by atoms with van der Waals surface area (Å²) in [6.45, 7) is 1.85. The van der Waals surface area contributed by atoms with Gasteiger partial charge in [-0.2, -0.15) is 0 Å². The SMILES string of the molecule is CC(O)(Cc1nc(-c2ccccc2)cs1)c1cccs1. The Kier molecular flexibility index (Phi) is 3.70. The topological polar surface area (TPSA) is 33.1 Å². The second-order valence-corrected chi connectivity index (χ2v) is 6.81. The van der Waals surface area contributed by atoms with Crippen LogP contribution in [-0.4, -0.2) is 10.1 Å². The van der Waals surface area contributed by atoms with Crippen molar-refractivity contribution in [1.82, 2.24) is 4.98 Å². The lowest BCUT2D eigenvalue weighted by atomic mass is 10.0. The van der Waals surface area contributed by atoms with E-state index in [2.05, 4.69) is 22.5 Å². The monoisotopic (exact) mass is 301 g/mol. The zero-order valence-electron chi connectivity index (χ0n) is 11.1. The Hall–Kier alpha value is -1.49. The van der Waals surface area contributed by atoms with Gasteiger partial charge in [0.25, 0.3) is 0 Å². The van der Waals surface area contributed by atoms with E-state index in [0.717, 1.165) is 21.1 Å². The van der Waals surface area contributed by atoms with Crippen LogP contribution in [0.15, 0.2) is 53.2 Å². The standard InChI is InChI=1S/C16H15NOS2/c1-16(18,14-8-5-9-19-14)10-15-17-13(11-20-15)12-6-3-2-4-7-12/h2-9,11,18H,10H2,1H3. The maximum atomic E-state index is 10.6. The molecule has 2 aromatic heterocycles. The Bertz CT molecular complexity index is 672. The van der Waals surface area contributed by atoms with Gasteiger partial charge in [0.2, 0.25) is 0 Å². The molecule has 4 heteroatoms. The Morgan fingerprint density at radius 3 is 2.60 bits per heavy atom. The lowest BCUT2D eigenvalue weighted by Gasteiger charge is -2.20. The molecule has 0 saturated heterocycles. The molecule has 0 amide bonds. The number of thiophene rings is 1. The molecule has 0 aliphatic heterocycles. The van der Waals surface area contributed by atoms with E-state index in [9.17, 15) is 5.11 Å². The molecule has 2 nitrogen and oxygen atoms in total. The largest absolute Gasteiger partial charge is 0.384 e. The minimum Gasteiger partial charge on any atom is -0.384 e. The van der Waals surface area contributed by atoms with E-state index in [1.54, 1.807) is 22.7 Å². The van der Waals surface area contributed by atoms with Crippen LogP contribution in [0.3, 0.4) is 0 Å². The van der Waals surface area contributed by atoms with Crippen LogP contribution in [0.5, 0.6) is 0 Å². The molecule has 0 saturated carbocycles. The van der Waals surface area contributed by atoms with E-state index in [4.69, 9.17) is 0 Å². The molecule has 3 aromatic rings. The number of thiazole rings is 1. The van der Waals surface area contributed by atoms with Gasteiger partial charge < -0.3 is 5.11 Å². The van der Waals surface area contributed by atoms with Crippen molar-refractivity contribution >= 4 is 22.7 Å². The number of aromatic nitrogens is 1. The molecule has 1 N–H and O–H groups in total. The summed E-state index contributed by atoms with van der Waals surface area (Å²) in [5.41, 5.74) is 1.25. The fraction of sp³-hybridized carbons (Fsp3) is 0.188. The van der Waals surface area contributed by atoms with E-state index in [0.29, 0.717) is 6.42 Å². The Balaban J connectivity index is 1.81. The van der Waals surface area contributed by atoms with Gasteiger partial charge in [-0.3, -0.25) is 0 Å². The summed E-state index contributed by atoms with van der Waals surface area (Å²) in [6, 6.07) is 14.1. The van der Waals surface area contributed by atoms with Gasteiger partial charge in [0.05, 0.1) is 10.7 Å². The van der Waals surface area contributed by atoms with E-state index in [-0.39, 0.29) is 0 Å². The van der Waals surface area contributed by atoms with E-state index < -0.39 is 5.60 Å². The third-order valence-electron chi connectivity index (χ3n) is 3.17. The Labute approximate surface area is 126 Å². The smallest absolute Gasteiger partial charge is 0.102 e. The maximum absolute atomic E-state index is 10.6. The molecule has 0 radical (unpaired) electrons. The zero-order valence-corrected chi connectivity index (χ0v) is 12.7. The molecule has 0 fully saturated rings. The van der Waals surface area contributed by atoms with Crippen molar-refractivity contribution < 1.29 is 5.11 Å². The van der Waals surface area contributed by atoms with Crippen LogP contribution < -0.4 is 0 Å². The van der Waals surface area contributed by atoms with E-state index >= 15 is 0 Å². The molecule has 20 heavy (non-hydrogen) atoms. The Morgan fingerprint density at radius 1 is 1.10 bits per heavy atom. The molecule has 3 rings (SSSR count). The van der Waals surface area contributed by atoms with Crippen LogP contribution in [-0.2, 0) is 12.0 Å². The van der Waals surface area contributed by atoms with Crippen LogP contribution in [0.1, 0.15) is 16.8 Å². The van der Waals surface area contributed by atoms with Crippen LogP contribution >= 0.6 is 22.7 Å². The van der Waals surface area contributed by atoms with Crippen molar-refractivity contribution in [3.8, 4) is 11.3 Å². The fourth-order valence-corrected chi connectivity index (χ4v) is 3.84. The predicted octanol–water partition coefficient (Wildman–Crippen LogP) is 4.32. The lowest BCUT2D eigenvalue weighted by molar-refractivity contribution is 0.0614. The highest BCUT2D eigenvalue weighted by Gasteiger charge is 2.26. The second kappa shape index (κ2) is 5.48. The van der Waals surface area contributed by atoms with Crippen LogP contribution in [0, 0.1) is 0 Å². The quantitative estimate of drug-likeness (QED) is 0.778. The lowest BCUT2D eigenvalue weighted by Crippen LogP contribution is -2.22. The average Bonchev–Trinajstić information content (AvgIpc) is 3.10. The highest BCUT2D eigenvalue weighted by molar-refractivity contribution is 7.10. The number of nitrogens with zero attached hydrogens (tertiary/aromatic N) is 1. The minimum atomic E-state index is -0.847. The second-order valence-electron chi connectivity index (χ2n) is 4.92. The summed E-state index contributed by atoms with van der Waals surface area (Å²) in [5, 5.41) is 15.6. The molecule has 0 spiro atoms. The van der Waals surface area contributed by atoms with E-state index in [1.807, 2.05) is 42.6 Å². The number of hydrogen-bond donors (Lipinski definition) is 1. The number of hydrogen-bond acceptors (Lipinski definition) is 4. The first-order valence-electron chi connectivity index (χ1n) is 6.41. The van der Waals surface area contributed by atoms with Crippen molar-refractivity contribution in [1.29, 1.82) is 0 Å². The number of aliphatic hydroxyl groups is 1. The van der Waals surface area contributed by atoms with Crippen molar-refractivity contribution in [2.75, 3.05) is 0 Å².